The van der Waals surface area contributed by atoms with Gasteiger partial charge < -0.3 is 0 Å². The lowest BCUT2D eigenvalue weighted by atomic mass is 9.92. The van der Waals surface area contributed by atoms with Gasteiger partial charge in [0.1, 0.15) is 0 Å². The van der Waals surface area contributed by atoms with Gasteiger partial charge in [0.15, 0.2) is 0 Å². The molecule has 0 saturated carbocycles. The summed E-state index contributed by atoms with van der Waals surface area (Å²) in [5.41, 5.74) is 2.54. The molecule has 0 fully saturated rings. The first-order valence-electron chi connectivity index (χ1n) is 13.1. The molecule has 0 unspecified atom stereocenters. The first-order valence-corrected chi connectivity index (χ1v) is 13.1. The van der Waals surface area contributed by atoms with Crippen molar-refractivity contribution in [2.24, 2.45) is 0 Å². The molecule has 0 saturated heterocycles. The molecule has 8 aromatic rings. The summed E-state index contributed by atoms with van der Waals surface area (Å²) >= 11 is 0. The standard InChI is InChI=1S/C32H20.C6H6/c1-2-7-21(8-3-1)29-12-6-11-24-17-25-13-14-26-18-27-15-22-9-4-5-10-23(22)16-28(27)19-30(26)32(25)20-31(24)29;1-2-4-6-5-3-1/h1-20H;1-6H. The first kappa shape index (κ1) is 22.3. The quantitative estimate of drug-likeness (QED) is 0.161. The summed E-state index contributed by atoms with van der Waals surface area (Å²) in [6.45, 7) is 0. The Morgan fingerprint density at radius 2 is 0.684 bits per heavy atom. The Bertz CT molecular complexity index is 2030. The highest BCUT2D eigenvalue weighted by molar-refractivity contribution is 6.17. The Kier molecular flexibility index (Phi) is 5.57. The Balaban J connectivity index is 0.000000359. The molecule has 178 valence electrons. The largest absolute Gasteiger partial charge is 0.0623 e. The number of hydrogen-bond acceptors (Lipinski definition) is 0. The number of hydrogen-bond donors (Lipinski definition) is 0. The Morgan fingerprint density at radius 3 is 1.34 bits per heavy atom. The molecule has 0 nitrogen and oxygen atoms in total. The maximum Gasteiger partial charge on any atom is -0.00986 e. The van der Waals surface area contributed by atoms with Crippen LogP contribution >= 0.6 is 0 Å². The van der Waals surface area contributed by atoms with Crippen LogP contribution in [0.4, 0.5) is 0 Å². The van der Waals surface area contributed by atoms with E-state index >= 15 is 0 Å². The van der Waals surface area contributed by atoms with Gasteiger partial charge in [0.25, 0.3) is 0 Å². The van der Waals surface area contributed by atoms with Crippen LogP contribution in [0.1, 0.15) is 0 Å². The van der Waals surface area contributed by atoms with E-state index in [4.69, 9.17) is 0 Å². The fraction of sp³-hybridized carbons (Fsp3) is 0. The third-order valence-electron chi connectivity index (χ3n) is 7.41. The van der Waals surface area contributed by atoms with Crippen LogP contribution in [0, 0.1) is 0 Å². The van der Waals surface area contributed by atoms with Gasteiger partial charge in [0, 0.05) is 0 Å². The van der Waals surface area contributed by atoms with Crippen LogP contribution in [0.2, 0.25) is 0 Å². The van der Waals surface area contributed by atoms with Gasteiger partial charge in [-0.1, -0.05) is 121 Å². The molecular formula is C38H26. The normalized spacial score (nSPS) is 11.2. The van der Waals surface area contributed by atoms with Gasteiger partial charge in [-0.25, -0.2) is 0 Å². The van der Waals surface area contributed by atoms with E-state index in [9.17, 15) is 0 Å². The molecule has 0 amide bonds. The zero-order valence-electron chi connectivity index (χ0n) is 21.0. The lowest BCUT2D eigenvalue weighted by Crippen LogP contribution is -1.85. The predicted octanol–water partition coefficient (Wildman–Crippen LogP) is 10.8. The van der Waals surface area contributed by atoms with Crippen molar-refractivity contribution in [1.82, 2.24) is 0 Å². The Hall–Kier alpha value is -4.94. The van der Waals surface area contributed by atoms with Gasteiger partial charge in [-0.2, -0.15) is 0 Å². The molecule has 0 heterocycles. The van der Waals surface area contributed by atoms with Crippen LogP contribution in [0.15, 0.2) is 158 Å². The molecule has 0 heteroatoms. The molecule has 8 rings (SSSR count). The lowest BCUT2D eigenvalue weighted by molar-refractivity contribution is 1.66. The maximum absolute atomic E-state index is 2.39. The maximum atomic E-state index is 2.39. The van der Waals surface area contributed by atoms with Crippen molar-refractivity contribution in [2.75, 3.05) is 0 Å². The average molecular weight is 483 g/mol. The van der Waals surface area contributed by atoms with Crippen molar-refractivity contribution in [1.29, 1.82) is 0 Å². The third kappa shape index (κ3) is 4.07. The van der Waals surface area contributed by atoms with Crippen LogP contribution in [0.25, 0.3) is 65.0 Å². The fourth-order valence-corrected chi connectivity index (χ4v) is 5.53. The zero-order valence-corrected chi connectivity index (χ0v) is 21.0. The number of fused-ring (bicyclic) bond motifs is 6. The van der Waals surface area contributed by atoms with Crippen molar-refractivity contribution in [3.05, 3.63) is 158 Å². The van der Waals surface area contributed by atoms with E-state index in [0.717, 1.165) is 0 Å². The summed E-state index contributed by atoms with van der Waals surface area (Å²) in [6, 6.07) is 56.5. The van der Waals surface area contributed by atoms with Crippen LogP contribution in [-0.4, -0.2) is 0 Å². The first-order chi connectivity index (χ1) is 18.8. The van der Waals surface area contributed by atoms with E-state index in [1.165, 1.54) is 65.0 Å². The molecule has 0 aliphatic heterocycles. The lowest BCUT2D eigenvalue weighted by Gasteiger charge is -2.12. The van der Waals surface area contributed by atoms with E-state index < -0.39 is 0 Å². The second-order valence-electron chi connectivity index (χ2n) is 9.81. The van der Waals surface area contributed by atoms with Crippen molar-refractivity contribution >= 4 is 53.9 Å². The summed E-state index contributed by atoms with van der Waals surface area (Å²) in [6.07, 6.45) is 0. The van der Waals surface area contributed by atoms with Crippen LogP contribution in [0.3, 0.4) is 0 Å². The topological polar surface area (TPSA) is 0 Å². The Morgan fingerprint density at radius 1 is 0.237 bits per heavy atom. The van der Waals surface area contributed by atoms with Gasteiger partial charge in [-0.15, -0.1) is 0 Å². The summed E-state index contributed by atoms with van der Waals surface area (Å²) in [5, 5.41) is 13.0. The summed E-state index contributed by atoms with van der Waals surface area (Å²) in [4.78, 5) is 0. The highest BCUT2D eigenvalue weighted by Crippen LogP contribution is 2.36. The SMILES string of the molecule is c1ccc(-c2cccc3cc4ccc5cc6cc7ccccc7cc6cc5c4cc23)cc1.c1ccccc1. The summed E-state index contributed by atoms with van der Waals surface area (Å²) in [7, 11) is 0. The van der Waals surface area contributed by atoms with Gasteiger partial charge in [0.05, 0.1) is 0 Å². The van der Waals surface area contributed by atoms with E-state index in [1.807, 2.05) is 36.4 Å². The van der Waals surface area contributed by atoms with Crippen molar-refractivity contribution < 1.29 is 0 Å². The van der Waals surface area contributed by atoms with E-state index in [-0.39, 0.29) is 0 Å². The van der Waals surface area contributed by atoms with Crippen molar-refractivity contribution in [2.45, 2.75) is 0 Å². The second kappa shape index (κ2) is 9.50. The van der Waals surface area contributed by atoms with E-state index in [0.29, 0.717) is 0 Å². The minimum Gasteiger partial charge on any atom is -0.0623 e. The van der Waals surface area contributed by atoms with E-state index in [1.54, 1.807) is 0 Å². The molecule has 8 aromatic carbocycles. The molecule has 0 N–H and O–H groups in total. The number of rotatable bonds is 1. The molecule has 38 heavy (non-hydrogen) atoms. The van der Waals surface area contributed by atoms with Crippen molar-refractivity contribution in [3.8, 4) is 11.1 Å². The van der Waals surface area contributed by atoms with Crippen LogP contribution in [0.5, 0.6) is 0 Å². The molecule has 0 radical (unpaired) electrons. The summed E-state index contributed by atoms with van der Waals surface area (Å²) in [5.74, 6) is 0. The fourth-order valence-electron chi connectivity index (χ4n) is 5.53. The molecule has 0 aliphatic rings. The minimum absolute atomic E-state index is 1.26. The van der Waals surface area contributed by atoms with Crippen LogP contribution in [-0.2, 0) is 0 Å². The Labute approximate surface area is 222 Å². The smallest absolute Gasteiger partial charge is 0.00986 e. The highest BCUT2D eigenvalue weighted by atomic mass is 14.1. The third-order valence-corrected chi connectivity index (χ3v) is 7.41. The van der Waals surface area contributed by atoms with Gasteiger partial charge in [0.2, 0.25) is 0 Å². The molecule has 0 aromatic heterocycles. The second-order valence-corrected chi connectivity index (χ2v) is 9.81. The number of benzene rings is 8. The van der Waals surface area contributed by atoms with Crippen LogP contribution < -0.4 is 0 Å². The monoisotopic (exact) mass is 482 g/mol. The minimum atomic E-state index is 1.26. The molecule has 0 atom stereocenters. The summed E-state index contributed by atoms with van der Waals surface area (Å²) < 4.78 is 0. The molecule has 0 aliphatic carbocycles. The molecular weight excluding hydrogens is 456 g/mol. The zero-order chi connectivity index (χ0) is 25.3. The molecule has 0 spiro atoms. The molecule has 0 bridgehead atoms. The predicted molar refractivity (Wildman–Crippen MR) is 166 cm³/mol. The average Bonchev–Trinajstić information content (AvgIpc) is 2.99. The van der Waals surface area contributed by atoms with Gasteiger partial charge >= 0.3 is 0 Å². The highest BCUT2D eigenvalue weighted by Gasteiger charge is 2.09. The van der Waals surface area contributed by atoms with Gasteiger partial charge in [-0.3, -0.25) is 0 Å². The van der Waals surface area contributed by atoms with Gasteiger partial charge in [-0.05, 0) is 101 Å². The van der Waals surface area contributed by atoms with Crippen molar-refractivity contribution in [3.63, 3.8) is 0 Å². The van der Waals surface area contributed by atoms with E-state index in [2.05, 4.69) is 121 Å².